The van der Waals surface area contributed by atoms with Crippen molar-refractivity contribution in [2.75, 3.05) is 13.1 Å². The topological polar surface area (TPSA) is 60.9 Å². The van der Waals surface area contributed by atoms with Crippen molar-refractivity contribution in [2.45, 2.75) is 25.9 Å². The highest BCUT2D eigenvalue weighted by molar-refractivity contribution is 5.87. The molecule has 5 nitrogen and oxygen atoms in total. The lowest BCUT2D eigenvalue weighted by molar-refractivity contribution is -0.133. The molecule has 0 bridgehead atoms. The van der Waals surface area contributed by atoms with Gasteiger partial charge < -0.3 is 14.9 Å². The Morgan fingerprint density at radius 1 is 1.33 bits per heavy atom. The average Bonchev–Trinajstić information content (AvgIpc) is 2.16. The fraction of sp³-hybridized carbons (Fsp3) is 0.600. The number of hydrogen-bond donors (Lipinski definition) is 1. The minimum atomic E-state index is -0.931. The Balaban J connectivity index is 2.76. The van der Waals surface area contributed by atoms with Crippen LogP contribution in [0.2, 0.25) is 0 Å². The van der Waals surface area contributed by atoms with Gasteiger partial charge >= 0.3 is 6.09 Å². The molecule has 0 radical (unpaired) electrons. The second-order valence-corrected chi connectivity index (χ2v) is 3.84. The summed E-state index contributed by atoms with van der Waals surface area (Å²) >= 11 is 0. The van der Waals surface area contributed by atoms with E-state index in [-0.39, 0.29) is 18.0 Å². The van der Waals surface area contributed by atoms with Crippen LogP contribution in [0.15, 0.2) is 12.7 Å². The van der Waals surface area contributed by atoms with Crippen LogP contribution in [0, 0.1) is 0 Å². The minimum Gasteiger partial charge on any atom is -0.465 e. The Hall–Kier alpha value is -1.52. The Bertz CT molecular complexity index is 278. The van der Waals surface area contributed by atoms with Crippen molar-refractivity contribution in [1.82, 2.24) is 9.80 Å². The van der Waals surface area contributed by atoms with E-state index in [1.807, 2.05) is 13.8 Å². The molecule has 0 saturated carbocycles. The summed E-state index contributed by atoms with van der Waals surface area (Å²) in [5, 5.41) is 8.86. The van der Waals surface area contributed by atoms with E-state index in [0.717, 1.165) is 0 Å². The SMILES string of the molecule is C=CC(=O)N1[C@H](C)CN(C(=O)O)C[C@@H]1C. The maximum absolute atomic E-state index is 11.5. The van der Waals surface area contributed by atoms with E-state index in [1.54, 1.807) is 4.90 Å². The lowest BCUT2D eigenvalue weighted by Crippen LogP contribution is -2.59. The first-order valence-electron chi connectivity index (χ1n) is 4.90. The molecule has 1 rings (SSSR count). The quantitative estimate of drug-likeness (QED) is 0.653. The third kappa shape index (κ3) is 2.29. The molecule has 1 N–H and O–H groups in total. The number of carbonyl (C=O) groups excluding carboxylic acids is 1. The van der Waals surface area contributed by atoms with Gasteiger partial charge in [0.05, 0.1) is 0 Å². The highest BCUT2D eigenvalue weighted by Crippen LogP contribution is 2.16. The Kier molecular flexibility index (Phi) is 3.34. The number of piperazine rings is 1. The zero-order valence-electron chi connectivity index (χ0n) is 9.01. The van der Waals surface area contributed by atoms with Crippen LogP contribution in [-0.4, -0.2) is 52.1 Å². The normalized spacial score (nSPS) is 26.3. The summed E-state index contributed by atoms with van der Waals surface area (Å²) in [4.78, 5) is 25.3. The fourth-order valence-electron chi connectivity index (χ4n) is 2.02. The molecule has 15 heavy (non-hydrogen) atoms. The molecule has 1 saturated heterocycles. The van der Waals surface area contributed by atoms with Gasteiger partial charge in [-0.05, 0) is 19.9 Å². The van der Waals surface area contributed by atoms with Gasteiger partial charge in [0, 0.05) is 25.2 Å². The third-order valence-corrected chi connectivity index (χ3v) is 2.62. The van der Waals surface area contributed by atoms with Gasteiger partial charge in [-0.1, -0.05) is 6.58 Å². The predicted molar refractivity (Wildman–Crippen MR) is 55.6 cm³/mol. The number of carboxylic acid groups (broad SMARTS) is 1. The second kappa shape index (κ2) is 4.33. The van der Waals surface area contributed by atoms with Crippen LogP contribution in [0.5, 0.6) is 0 Å². The molecule has 1 heterocycles. The van der Waals surface area contributed by atoms with Gasteiger partial charge in [0.2, 0.25) is 5.91 Å². The summed E-state index contributed by atoms with van der Waals surface area (Å²) in [5.74, 6) is -0.139. The van der Waals surface area contributed by atoms with E-state index in [0.29, 0.717) is 13.1 Å². The summed E-state index contributed by atoms with van der Waals surface area (Å²) in [6.07, 6.45) is 0.336. The fourth-order valence-corrected chi connectivity index (χ4v) is 2.02. The van der Waals surface area contributed by atoms with Crippen LogP contribution in [0.1, 0.15) is 13.8 Å². The lowest BCUT2D eigenvalue weighted by Gasteiger charge is -2.42. The van der Waals surface area contributed by atoms with Crippen molar-refractivity contribution >= 4 is 12.0 Å². The van der Waals surface area contributed by atoms with E-state index in [9.17, 15) is 9.59 Å². The van der Waals surface area contributed by atoms with E-state index >= 15 is 0 Å². The predicted octanol–water partition coefficient (Wildman–Crippen LogP) is 0.772. The van der Waals surface area contributed by atoms with Crippen LogP contribution in [-0.2, 0) is 4.79 Å². The summed E-state index contributed by atoms with van der Waals surface area (Å²) < 4.78 is 0. The summed E-state index contributed by atoms with van der Waals surface area (Å²) in [6, 6.07) is -0.203. The number of hydrogen-bond acceptors (Lipinski definition) is 2. The molecular formula is C10H16N2O3. The largest absolute Gasteiger partial charge is 0.465 e. The van der Waals surface area contributed by atoms with Gasteiger partial charge in [0.25, 0.3) is 0 Å². The molecule has 84 valence electrons. The molecular weight excluding hydrogens is 196 g/mol. The van der Waals surface area contributed by atoms with Crippen molar-refractivity contribution in [3.8, 4) is 0 Å². The molecule has 0 aromatic carbocycles. The molecule has 2 atom stereocenters. The minimum absolute atomic E-state index is 0.102. The van der Waals surface area contributed by atoms with Crippen LogP contribution in [0.25, 0.3) is 0 Å². The Labute approximate surface area is 89.0 Å². The molecule has 0 aromatic heterocycles. The zero-order chi connectivity index (χ0) is 11.6. The first-order chi connectivity index (χ1) is 6.97. The summed E-state index contributed by atoms with van der Waals surface area (Å²) in [7, 11) is 0. The average molecular weight is 212 g/mol. The third-order valence-electron chi connectivity index (χ3n) is 2.62. The maximum atomic E-state index is 11.5. The Morgan fingerprint density at radius 3 is 2.13 bits per heavy atom. The van der Waals surface area contributed by atoms with Gasteiger partial charge in [-0.2, -0.15) is 0 Å². The van der Waals surface area contributed by atoms with Crippen molar-refractivity contribution in [2.24, 2.45) is 0 Å². The summed E-state index contributed by atoms with van der Waals surface area (Å²) in [5.41, 5.74) is 0. The number of nitrogens with zero attached hydrogens (tertiary/aromatic N) is 2. The van der Waals surface area contributed by atoms with Crippen molar-refractivity contribution < 1.29 is 14.7 Å². The zero-order valence-corrected chi connectivity index (χ0v) is 9.01. The second-order valence-electron chi connectivity index (χ2n) is 3.84. The molecule has 1 aliphatic heterocycles. The van der Waals surface area contributed by atoms with Gasteiger partial charge in [-0.3, -0.25) is 4.79 Å². The standard InChI is InChI=1S/C10H16N2O3/c1-4-9(13)12-7(2)5-11(10(14)15)6-8(12)3/h4,7-8H,1,5-6H2,2-3H3,(H,14,15)/t7-,8+. The summed E-state index contributed by atoms with van der Waals surface area (Å²) in [6.45, 7) is 7.84. The van der Waals surface area contributed by atoms with Crippen LogP contribution in [0.4, 0.5) is 4.79 Å². The first-order valence-corrected chi connectivity index (χ1v) is 4.90. The number of carbonyl (C=O) groups is 2. The van der Waals surface area contributed by atoms with E-state index in [4.69, 9.17) is 5.11 Å². The van der Waals surface area contributed by atoms with Crippen LogP contribution in [0.3, 0.4) is 0 Å². The lowest BCUT2D eigenvalue weighted by atomic mass is 10.1. The van der Waals surface area contributed by atoms with E-state index < -0.39 is 6.09 Å². The number of amides is 2. The molecule has 2 amide bonds. The van der Waals surface area contributed by atoms with Gasteiger partial charge in [-0.25, -0.2) is 4.79 Å². The van der Waals surface area contributed by atoms with Gasteiger partial charge in [0.1, 0.15) is 0 Å². The van der Waals surface area contributed by atoms with Crippen LogP contribution < -0.4 is 0 Å². The Morgan fingerprint density at radius 2 is 1.80 bits per heavy atom. The monoisotopic (exact) mass is 212 g/mol. The molecule has 5 heteroatoms. The highest BCUT2D eigenvalue weighted by atomic mass is 16.4. The molecule has 0 unspecified atom stereocenters. The molecule has 0 aromatic rings. The maximum Gasteiger partial charge on any atom is 0.407 e. The first kappa shape index (κ1) is 11.6. The molecule has 0 spiro atoms. The van der Waals surface area contributed by atoms with E-state index in [1.165, 1.54) is 11.0 Å². The highest BCUT2D eigenvalue weighted by Gasteiger charge is 2.33. The van der Waals surface area contributed by atoms with Crippen molar-refractivity contribution in [1.29, 1.82) is 0 Å². The van der Waals surface area contributed by atoms with Crippen LogP contribution >= 0.6 is 0 Å². The molecule has 0 aliphatic carbocycles. The van der Waals surface area contributed by atoms with Crippen molar-refractivity contribution in [3.63, 3.8) is 0 Å². The molecule has 1 fully saturated rings. The van der Waals surface area contributed by atoms with Crippen molar-refractivity contribution in [3.05, 3.63) is 12.7 Å². The van der Waals surface area contributed by atoms with Gasteiger partial charge in [0.15, 0.2) is 0 Å². The smallest absolute Gasteiger partial charge is 0.407 e. The molecule has 1 aliphatic rings. The van der Waals surface area contributed by atoms with E-state index in [2.05, 4.69) is 6.58 Å². The number of rotatable bonds is 1. The van der Waals surface area contributed by atoms with Gasteiger partial charge in [-0.15, -0.1) is 0 Å².